The summed E-state index contributed by atoms with van der Waals surface area (Å²) in [6.45, 7) is 1.68. The minimum Gasteiger partial charge on any atom is -0.329 e. The molecule has 0 heterocycles. The Morgan fingerprint density at radius 2 is 2.17 bits per heavy atom. The van der Waals surface area contributed by atoms with Crippen LogP contribution in [0.5, 0.6) is 0 Å². The van der Waals surface area contributed by atoms with Gasteiger partial charge in [0.05, 0.1) is 9.95 Å². The van der Waals surface area contributed by atoms with E-state index in [1.807, 2.05) is 0 Å². The van der Waals surface area contributed by atoms with Gasteiger partial charge in [0.2, 0.25) is 10.0 Å². The van der Waals surface area contributed by atoms with Crippen LogP contribution in [0.1, 0.15) is 6.92 Å². The molecule has 7 nitrogen and oxygen atoms in total. The maximum absolute atomic E-state index is 11.9. The lowest BCUT2D eigenvalue weighted by atomic mass is 10.3. The molecule has 0 saturated heterocycles. The minimum absolute atomic E-state index is 0.0858. The first-order chi connectivity index (χ1) is 8.27. The van der Waals surface area contributed by atoms with Crippen LogP contribution in [0.4, 0.5) is 5.69 Å². The topological polar surface area (TPSA) is 115 Å². The molecule has 1 rings (SSSR count). The lowest BCUT2D eigenvalue weighted by molar-refractivity contribution is -0.385. The Hall–Kier alpha value is -1.22. The molecule has 0 aliphatic heterocycles. The van der Waals surface area contributed by atoms with Crippen LogP contribution in [0.2, 0.25) is 5.02 Å². The van der Waals surface area contributed by atoms with Crippen molar-refractivity contribution in [2.75, 3.05) is 6.54 Å². The van der Waals surface area contributed by atoms with Crippen molar-refractivity contribution in [1.29, 1.82) is 0 Å². The SMILES string of the molecule is C[C@H](CN)NS(=O)(=O)c1cc([N+](=O)[O-])ccc1Cl. The van der Waals surface area contributed by atoms with E-state index in [1.165, 1.54) is 6.07 Å². The third-order valence-electron chi connectivity index (χ3n) is 2.13. The highest BCUT2D eigenvalue weighted by Gasteiger charge is 2.22. The van der Waals surface area contributed by atoms with Crippen molar-refractivity contribution >= 4 is 27.3 Å². The second kappa shape index (κ2) is 5.61. The van der Waals surface area contributed by atoms with E-state index in [4.69, 9.17) is 17.3 Å². The smallest absolute Gasteiger partial charge is 0.270 e. The summed E-state index contributed by atoms with van der Waals surface area (Å²) >= 11 is 5.74. The fourth-order valence-corrected chi connectivity index (χ4v) is 2.96. The number of benzene rings is 1. The van der Waals surface area contributed by atoms with Crippen molar-refractivity contribution in [3.63, 3.8) is 0 Å². The van der Waals surface area contributed by atoms with Gasteiger partial charge in [-0.25, -0.2) is 13.1 Å². The van der Waals surface area contributed by atoms with Gasteiger partial charge in [-0.05, 0) is 13.0 Å². The van der Waals surface area contributed by atoms with Crippen molar-refractivity contribution in [2.45, 2.75) is 17.9 Å². The molecule has 1 aromatic rings. The highest BCUT2D eigenvalue weighted by atomic mass is 35.5. The zero-order valence-electron chi connectivity index (χ0n) is 9.46. The average molecular weight is 294 g/mol. The standard InChI is InChI=1S/C9H12ClN3O4S/c1-6(5-11)12-18(16,17)9-4-7(13(14)15)2-3-8(9)10/h2-4,6,12H,5,11H2,1H3/t6-/m1/s1. The van der Waals surface area contributed by atoms with E-state index in [2.05, 4.69) is 4.72 Å². The number of nitro groups is 1. The number of halogens is 1. The molecule has 1 atom stereocenters. The monoisotopic (exact) mass is 293 g/mol. The first-order valence-corrected chi connectivity index (χ1v) is 6.80. The van der Waals surface area contributed by atoms with Gasteiger partial charge in [0.1, 0.15) is 4.90 Å². The fraction of sp³-hybridized carbons (Fsp3) is 0.333. The van der Waals surface area contributed by atoms with Gasteiger partial charge >= 0.3 is 0 Å². The molecular formula is C9H12ClN3O4S. The third kappa shape index (κ3) is 3.39. The van der Waals surface area contributed by atoms with Crippen LogP contribution in [0, 0.1) is 10.1 Å². The number of sulfonamides is 1. The summed E-state index contributed by atoms with van der Waals surface area (Å²) in [4.78, 5) is 9.57. The maximum Gasteiger partial charge on any atom is 0.270 e. The van der Waals surface area contributed by atoms with Gasteiger partial charge < -0.3 is 5.73 Å². The number of rotatable bonds is 5. The predicted molar refractivity (Wildman–Crippen MR) is 66.9 cm³/mol. The molecule has 0 bridgehead atoms. The van der Waals surface area contributed by atoms with Crippen LogP contribution in [0.3, 0.4) is 0 Å². The van der Waals surface area contributed by atoms with Gasteiger partial charge in [0.25, 0.3) is 5.69 Å². The van der Waals surface area contributed by atoms with Crippen LogP contribution in [-0.4, -0.2) is 25.9 Å². The summed E-state index contributed by atoms with van der Waals surface area (Å²) < 4.78 is 26.1. The Morgan fingerprint density at radius 3 is 2.67 bits per heavy atom. The second-order valence-electron chi connectivity index (χ2n) is 3.63. The fourth-order valence-electron chi connectivity index (χ4n) is 1.19. The number of hydrogen-bond acceptors (Lipinski definition) is 5. The summed E-state index contributed by atoms with van der Waals surface area (Å²) in [5.41, 5.74) is 4.96. The summed E-state index contributed by atoms with van der Waals surface area (Å²) in [7, 11) is -3.92. The van der Waals surface area contributed by atoms with Crippen LogP contribution in [0.25, 0.3) is 0 Å². The Morgan fingerprint density at radius 1 is 1.56 bits per heavy atom. The predicted octanol–water partition coefficient (Wildman–Crippen LogP) is 0.874. The van der Waals surface area contributed by atoms with Crippen LogP contribution in [0.15, 0.2) is 23.1 Å². The summed E-state index contributed by atoms with van der Waals surface area (Å²) in [6, 6.07) is 2.72. The van der Waals surface area contributed by atoms with E-state index in [-0.39, 0.29) is 22.2 Å². The van der Waals surface area contributed by atoms with Gasteiger partial charge in [0.15, 0.2) is 0 Å². The molecule has 9 heteroatoms. The van der Waals surface area contributed by atoms with E-state index >= 15 is 0 Å². The summed E-state index contributed by atoms with van der Waals surface area (Å²) in [6.07, 6.45) is 0. The third-order valence-corrected chi connectivity index (χ3v) is 4.20. The first-order valence-electron chi connectivity index (χ1n) is 4.94. The summed E-state index contributed by atoms with van der Waals surface area (Å²) in [5, 5.41) is 10.5. The van der Waals surface area contributed by atoms with Gasteiger partial charge in [-0.2, -0.15) is 0 Å². The van der Waals surface area contributed by atoms with E-state index < -0.39 is 21.0 Å². The van der Waals surface area contributed by atoms with Crippen LogP contribution >= 0.6 is 11.6 Å². The van der Waals surface area contributed by atoms with Gasteiger partial charge in [-0.3, -0.25) is 10.1 Å². The van der Waals surface area contributed by atoms with Crippen LogP contribution in [-0.2, 0) is 10.0 Å². The average Bonchev–Trinajstić information content (AvgIpc) is 2.28. The van der Waals surface area contributed by atoms with E-state index in [9.17, 15) is 18.5 Å². The minimum atomic E-state index is -3.92. The highest BCUT2D eigenvalue weighted by Crippen LogP contribution is 2.26. The van der Waals surface area contributed by atoms with Crippen molar-refractivity contribution in [2.24, 2.45) is 5.73 Å². The number of hydrogen-bond donors (Lipinski definition) is 2. The van der Waals surface area contributed by atoms with Gasteiger partial charge in [-0.1, -0.05) is 11.6 Å². The molecular weight excluding hydrogens is 282 g/mol. The molecule has 0 amide bonds. The molecule has 1 aromatic carbocycles. The first kappa shape index (κ1) is 14.8. The Balaban J connectivity index is 3.23. The Labute approximate surface area is 109 Å². The molecule has 18 heavy (non-hydrogen) atoms. The normalized spacial score (nSPS) is 13.3. The summed E-state index contributed by atoms with van der Waals surface area (Å²) in [5.74, 6) is 0. The van der Waals surface area contributed by atoms with Gasteiger partial charge in [-0.15, -0.1) is 0 Å². The molecule has 0 radical (unpaired) electrons. The van der Waals surface area contributed by atoms with E-state index in [0.29, 0.717) is 0 Å². The number of nitrogens with two attached hydrogens (primary N) is 1. The van der Waals surface area contributed by atoms with Crippen molar-refractivity contribution < 1.29 is 13.3 Å². The van der Waals surface area contributed by atoms with Crippen molar-refractivity contribution in [3.8, 4) is 0 Å². The molecule has 0 aromatic heterocycles. The number of nitrogens with one attached hydrogen (secondary N) is 1. The molecule has 0 fully saturated rings. The molecule has 0 saturated carbocycles. The molecule has 100 valence electrons. The van der Waals surface area contributed by atoms with E-state index in [0.717, 1.165) is 12.1 Å². The number of nitrogens with zero attached hydrogens (tertiary/aromatic N) is 1. The Kier molecular flexibility index (Phi) is 4.63. The molecule has 0 spiro atoms. The lowest BCUT2D eigenvalue weighted by Crippen LogP contribution is -2.37. The quantitative estimate of drug-likeness (QED) is 0.617. The van der Waals surface area contributed by atoms with Crippen LogP contribution < -0.4 is 10.5 Å². The zero-order valence-corrected chi connectivity index (χ0v) is 11.0. The maximum atomic E-state index is 11.9. The second-order valence-corrected chi connectivity index (χ2v) is 5.72. The molecule has 0 aliphatic rings. The van der Waals surface area contributed by atoms with E-state index in [1.54, 1.807) is 6.92 Å². The van der Waals surface area contributed by atoms with Crippen molar-refractivity contribution in [3.05, 3.63) is 33.3 Å². The van der Waals surface area contributed by atoms with Crippen molar-refractivity contribution in [1.82, 2.24) is 4.72 Å². The molecule has 0 aliphatic carbocycles. The number of non-ortho nitro benzene ring substituents is 1. The van der Waals surface area contributed by atoms with Gasteiger partial charge in [0, 0.05) is 24.7 Å². The molecule has 3 N–H and O–H groups in total. The largest absolute Gasteiger partial charge is 0.329 e. The Bertz CT molecular complexity index is 561. The highest BCUT2D eigenvalue weighted by molar-refractivity contribution is 7.89. The zero-order chi connectivity index (χ0) is 13.9. The number of nitro benzene ring substituents is 1. The lowest BCUT2D eigenvalue weighted by Gasteiger charge is -2.12. The molecule has 0 unspecified atom stereocenters.